The average Bonchev–Trinajstić information content (AvgIpc) is 3.17. The van der Waals surface area contributed by atoms with Crippen LogP contribution >= 0.6 is 11.3 Å². The van der Waals surface area contributed by atoms with E-state index >= 15 is 0 Å². The Labute approximate surface area is 131 Å². The molecule has 4 heterocycles. The Morgan fingerprint density at radius 3 is 2.86 bits per heavy atom. The predicted molar refractivity (Wildman–Crippen MR) is 86.0 cm³/mol. The number of hydrogen-bond acceptors (Lipinski definition) is 5. The van der Waals surface area contributed by atoms with Crippen LogP contribution < -0.4 is 5.56 Å². The maximum atomic E-state index is 12.3. The molecule has 1 aliphatic rings. The number of likely N-dealkylation sites (tertiary alicyclic amines) is 1. The highest BCUT2D eigenvalue weighted by Crippen LogP contribution is 2.21. The van der Waals surface area contributed by atoms with E-state index < -0.39 is 0 Å². The Morgan fingerprint density at radius 2 is 2.09 bits per heavy atom. The smallest absolute Gasteiger partial charge is 0.274 e. The lowest BCUT2D eigenvalue weighted by Gasteiger charge is -2.25. The van der Waals surface area contributed by atoms with Gasteiger partial charge in [-0.05, 0) is 37.4 Å². The van der Waals surface area contributed by atoms with Gasteiger partial charge in [0.25, 0.3) is 11.3 Å². The Kier molecular flexibility index (Phi) is 3.51. The molecule has 0 unspecified atom stereocenters. The zero-order valence-electron chi connectivity index (χ0n) is 12.2. The van der Waals surface area contributed by atoms with Crippen LogP contribution in [0.4, 0.5) is 0 Å². The van der Waals surface area contributed by atoms with Crippen molar-refractivity contribution in [2.75, 3.05) is 13.1 Å². The number of aromatic nitrogens is 4. The molecule has 0 atom stereocenters. The van der Waals surface area contributed by atoms with E-state index in [9.17, 15) is 4.79 Å². The first-order valence-electron chi connectivity index (χ1n) is 7.54. The fourth-order valence-electron chi connectivity index (χ4n) is 2.88. The highest BCUT2D eigenvalue weighted by atomic mass is 32.1. The van der Waals surface area contributed by atoms with Crippen molar-refractivity contribution in [2.24, 2.45) is 0 Å². The van der Waals surface area contributed by atoms with Gasteiger partial charge in [0.05, 0.1) is 10.6 Å². The standard InChI is InChI=1S/C15H17N5OS/c21-13-9-11(10-19-6-2-1-3-7-19)16-15-17-14(18-20(13)15)12-5-4-8-22-12/h4-5,8-9H,1-3,6-7,10H2,(H,16,17,18). The number of fused-ring (bicyclic) bond motifs is 1. The maximum absolute atomic E-state index is 12.3. The van der Waals surface area contributed by atoms with Gasteiger partial charge >= 0.3 is 0 Å². The monoisotopic (exact) mass is 315 g/mol. The van der Waals surface area contributed by atoms with Crippen molar-refractivity contribution >= 4 is 17.1 Å². The first-order valence-corrected chi connectivity index (χ1v) is 8.42. The van der Waals surface area contributed by atoms with E-state index in [2.05, 4.69) is 20.0 Å². The van der Waals surface area contributed by atoms with Crippen molar-refractivity contribution in [3.05, 3.63) is 39.6 Å². The molecule has 0 aliphatic carbocycles. The number of thiophene rings is 1. The van der Waals surface area contributed by atoms with Crippen molar-refractivity contribution in [3.63, 3.8) is 0 Å². The highest BCUT2D eigenvalue weighted by molar-refractivity contribution is 7.13. The lowest BCUT2D eigenvalue weighted by atomic mass is 10.1. The third kappa shape index (κ3) is 2.57. The van der Waals surface area contributed by atoms with Gasteiger partial charge in [-0.25, -0.2) is 4.98 Å². The Morgan fingerprint density at radius 1 is 1.23 bits per heavy atom. The summed E-state index contributed by atoms with van der Waals surface area (Å²) in [6.45, 7) is 2.90. The van der Waals surface area contributed by atoms with Crippen LogP contribution in [0.15, 0.2) is 28.4 Å². The summed E-state index contributed by atoms with van der Waals surface area (Å²) in [7, 11) is 0. The maximum Gasteiger partial charge on any atom is 0.274 e. The summed E-state index contributed by atoms with van der Waals surface area (Å²) in [6, 6.07) is 5.55. The van der Waals surface area contributed by atoms with E-state index in [1.165, 1.54) is 23.8 Å². The van der Waals surface area contributed by atoms with Crippen LogP contribution in [0.1, 0.15) is 25.0 Å². The summed E-state index contributed by atoms with van der Waals surface area (Å²) < 4.78 is 1.41. The molecular formula is C15H17N5OS. The molecule has 0 radical (unpaired) electrons. The summed E-state index contributed by atoms with van der Waals surface area (Å²) in [5.41, 5.74) is 0.698. The minimum Gasteiger partial charge on any atom is -0.298 e. The zero-order valence-corrected chi connectivity index (χ0v) is 13.0. The van der Waals surface area contributed by atoms with Crippen LogP contribution in [0.2, 0.25) is 0 Å². The third-order valence-corrected chi connectivity index (χ3v) is 4.85. The van der Waals surface area contributed by atoms with E-state index in [0.717, 1.165) is 30.2 Å². The number of aromatic amines is 1. The van der Waals surface area contributed by atoms with Gasteiger partial charge in [0.1, 0.15) is 0 Å². The second-order valence-corrected chi connectivity index (χ2v) is 6.56. The van der Waals surface area contributed by atoms with Gasteiger partial charge in [0.2, 0.25) is 0 Å². The molecule has 0 spiro atoms. The van der Waals surface area contributed by atoms with Gasteiger partial charge < -0.3 is 0 Å². The molecule has 114 valence electrons. The van der Waals surface area contributed by atoms with Crippen LogP contribution in [0.25, 0.3) is 16.5 Å². The quantitative estimate of drug-likeness (QED) is 0.804. The summed E-state index contributed by atoms with van der Waals surface area (Å²) in [5, 5.41) is 5.01. The summed E-state index contributed by atoms with van der Waals surface area (Å²) in [5.74, 6) is 1.14. The zero-order chi connectivity index (χ0) is 14.9. The summed E-state index contributed by atoms with van der Waals surface area (Å²) in [4.78, 5) is 24.6. The molecule has 0 saturated carbocycles. The average molecular weight is 315 g/mol. The number of H-pyrrole nitrogens is 1. The topological polar surface area (TPSA) is 66.3 Å². The Hall–Kier alpha value is -1.99. The lowest BCUT2D eigenvalue weighted by molar-refractivity contribution is 0.218. The fourth-order valence-corrected chi connectivity index (χ4v) is 3.54. The lowest BCUT2D eigenvalue weighted by Crippen LogP contribution is -2.30. The van der Waals surface area contributed by atoms with E-state index in [4.69, 9.17) is 0 Å². The fraction of sp³-hybridized carbons (Fsp3) is 0.400. The van der Waals surface area contributed by atoms with Crippen molar-refractivity contribution in [1.29, 1.82) is 0 Å². The van der Waals surface area contributed by atoms with Gasteiger partial charge in [-0.2, -0.15) is 9.50 Å². The molecule has 0 bridgehead atoms. The number of hydrogen-bond donors (Lipinski definition) is 1. The third-order valence-electron chi connectivity index (χ3n) is 3.97. The van der Waals surface area contributed by atoms with E-state index in [0.29, 0.717) is 11.6 Å². The second-order valence-electron chi connectivity index (χ2n) is 5.61. The molecule has 0 aromatic carbocycles. The predicted octanol–water partition coefficient (Wildman–Crippen LogP) is 2.13. The number of nitrogens with zero attached hydrogens (tertiary/aromatic N) is 4. The molecule has 0 amide bonds. The van der Waals surface area contributed by atoms with Crippen LogP contribution in [-0.4, -0.2) is 37.6 Å². The molecule has 3 aromatic heterocycles. The Bertz CT molecular complexity index is 829. The van der Waals surface area contributed by atoms with Gasteiger partial charge in [-0.1, -0.05) is 12.5 Å². The largest absolute Gasteiger partial charge is 0.298 e. The first-order chi connectivity index (χ1) is 10.8. The summed E-state index contributed by atoms with van der Waals surface area (Å²) in [6.07, 6.45) is 3.76. The molecular weight excluding hydrogens is 298 g/mol. The molecule has 1 aliphatic heterocycles. The normalized spacial score (nSPS) is 16.4. The van der Waals surface area contributed by atoms with Crippen LogP contribution in [0.5, 0.6) is 0 Å². The minimum absolute atomic E-state index is 0.104. The molecule has 6 nitrogen and oxygen atoms in total. The van der Waals surface area contributed by atoms with Crippen LogP contribution in [-0.2, 0) is 6.54 Å². The molecule has 7 heteroatoms. The SMILES string of the molecule is O=c1cc(CN2CCCCC2)nc2nc(-c3cccs3)[nH]n12. The van der Waals surface area contributed by atoms with E-state index in [1.54, 1.807) is 17.4 Å². The second kappa shape index (κ2) is 5.66. The van der Waals surface area contributed by atoms with Crippen molar-refractivity contribution in [1.82, 2.24) is 24.5 Å². The molecule has 4 rings (SSSR count). The molecule has 1 fully saturated rings. The minimum atomic E-state index is -0.104. The van der Waals surface area contributed by atoms with Crippen LogP contribution in [0, 0.1) is 0 Å². The molecule has 1 N–H and O–H groups in total. The number of piperidine rings is 1. The Balaban J connectivity index is 1.68. The molecule has 1 saturated heterocycles. The number of rotatable bonds is 3. The van der Waals surface area contributed by atoms with Gasteiger partial charge in [0.15, 0.2) is 5.82 Å². The van der Waals surface area contributed by atoms with E-state index in [1.807, 2.05) is 17.5 Å². The van der Waals surface area contributed by atoms with Crippen molar-refractivity contribution in [2.45, 2.75) is 25.8 Å². The van der Waals surface area contributed by atoms with Crippen molar-refractivity contribution in [3.8, 4) is 10.7 Å². The van der Waals surface area contributed by atoms with Gasteiger partial charge in [-0.3, -0.25) is 14.8 Å². The molecule has 22 heavy (non-hydrogen) atoms. The van der Waals surface area contributed by atoms with E-state index in [-0.39, 0.29) is 5.56 Å². The summed E-state index contributed by atoms with van der Waals surface area (Å²) >= 11 is 1.58. The first kappa shape index (κ1) is 13.7. The van der Waals surface area contributed by atoms with Gasteiger partial charge in [-0.15, -0.1) is 11.3 Å². The van der Waals surface area contributed by atoms with Gasteiger partial charge in [0, 0.05) is 12.6 Å². The van der Waals surface area contributed by atoms with Crippen molar-refractivity contribution < 1.29 is 0 Å². The van der Waals surface area contributed by atoms with Crippen LogP contribution in [0.3, 0.4) is 0 Å². The highest BCUT2D eigenvalue weighted by Gasteiger charge is 2.14. The molecule has 3 aromatic rings. The number of nitrogens with one attached hydrogen (secondary N) is 1.